The van der Waals surface area contributed by atoms with Gasteiger partial charge >= 0.3 is 0 Å². The molecular formula is C8H8BrFO. The number of halogens is 2. The number of phenolic OH excluding ortho intramolecular Hbond substituents is 1. The second-order valence-corrected chi connectivity index (χ2v) is 3.10. The average molecular weight is 219 g/mol. The Morgan fingerprint density at radius 2 is 2.18 bits per heavy atom. The zero-order chi connectivity index (χ0) is 8.43. The zero-order valence-electron chi connectivity index (χ0n) is 6.06. The fraction of sp³-hybridized carbons (Fsp3) is 0.250. The fourth-order valence-electron chi connectivity index (χ4n) is 0.848. The van der Waals surface area contributed by atoms with Crippen LogP contribution in [0.1, 0.15) is 12.5 Å². The van der Waals surface area contributed by atoms with Gasteiger partial charge in [0.1, 0.15) is 11.6 Å². The molecule has 0 aliphatic heterocycles. The predicted octanol–water partition coefficient (Wildman–Crippen LogP) is 2.86. The fourth-order valence-corrected chi connectivity index (χ4v) is 1.24. The summed E-state index contributed by atoms with van der Waals surface area (Å²) in [5.41, 5.74) is 0.606. The molecule has 0 saturated carbocycles. The maximum atomic E-state index is 12.8. The van der Waals surface area contributed by atoms with E-state index in [4.69, 9.17) is 5.11 Å². The molecular weight excluding hydrogens is 211 g/mol. The summed E-state index contributed by atoms with van der Waals surface area (Å²) >= 11 is 3.10. The van der Waals surface area contributed by atoms with E-state index in [1.807, 2.05) is 6.92 Å². The van der Waals surface area contributed by atoms with Crippen molar-refractivity contribution in [3.63, 3.8) is 0 Å². The summed E-state index contributed by atoms with van der Waals surface area (Å²) in [6.07, 6.45) is 0.630. The van der Waals surface area contributed by atoms with Gasteiger partial charge in [-0.1, -0.05) is 6.92 Å². The van der Waals surface area contributed by atoms with Crippen LogP contribution in [0.2, 0.25) is 0 Å². The summed E-state index contributed by atoms with van der Waals surface area (Å²) in [7, 11) is 0. The van der Waals surface area contributed by atoms with E-state index in [1.165, 1.54) is 0 Å². The van der Waals surface area contributed by atoms with Crippen molar-refractivity contribution in [3.8, 4) is 5.75 Å². The van der Waals surface area contributed by atoms with Crippen molar-refractivity contribution in [3.05, 3.63) is 28.0 Å². The minimum Gasteiger partial charge on any atom is -0.507 e. The van der Waals surface area contributed by atoms with Gasteiger partial charge in [0.25, 0.3) is 0 Å². The molecule has 1 nitrogen and oxygen atoms in total. The number of phenols is 1. The van der Waals surface area contributed by atoms with Crippen molar-refractivity contribution in [1.29, 1.82) is 0 Å². The number of rotatable bonds is 1. The van der Waals surface area contributed by atoms with Crippen molar-refractivity contribution in [1.82, 2.24) is 0 Å². The summed E-state index contributed by atoms with van der Waals surface area (Å²) in [6, 6.07) is 2.70. The van der Waals surface area contributed by atoms with Gasteiger partial charge in [-0.25, -0.2) is 4.39 Å². The number of hydrogen-bond donors (Lipinski definition) is 1. The molecule has 0 aliphatic rings. The maximum absolute atomic E-state index is 12.8. The van der Waals surface area contributed by atoms with Gasteiger partial charge in [0.2, 0.25) is 0 Å². The van der Waals surface area contributed by atoms with Crippen LogP contribution in [-0.2, 0) is 6.42 Å². The molecule has 0 amide bonds. The quantitative estimate of drug-likeness (QED) is 0.769. The molecule has 0 aromatic heterocycles. The van der Waals surface area contributed by atoms with Gasteiger partial charge in [0, 0.05) is 6.07 Å². The second kappa shape index (κ2) is 3.22. The molecule has 11 heavy (non-hydrogen) atoms. The largest absolute Gasteiger partial charge is 0.507 e. The van der Waals surface area contributed by atoms with Crippen LogP contribution in [0.4, 0.5) is 4.39 Å². The second-order valence-electron chi connectivity index (χ2n) is 2.25. The van der Waals surface area contributed by atoms with Crippen LogP contribution < -0.4 is 0 Å². The van der Waals surface area contributed by atoms with E-state index in [2.05, 4.69) is 15.9 Å². The molecule has 0 saturated heterocycles. The molecule has 0 atom stereocenters. The normalized spacial score (nSPS) is 10.1. The number of aryl methyl sites for hydroxylation is 1. The third kappa shape index (κ3) is 1.71. The van der Waals surface area contributed by atoms with Crippen molar-refractivity contribution < 1.29 is 9.50 Å². The first-order valence-electron chi connectivity index (χ1n) is 3.32. The van der Waals surface area contributed by atoms with E-state index < -0.39 is 0 Å². The van der Waals surface area contributed by atoms with E-state index in [0.29, 0.717) is 16.5 Å². The van der Waals surface area contributed by atoms with Gasteiger partial charge in [-0.2, -0.15) is 0 Å². The number of hydrogen-bond acceptors (Lipinski definition) is 1. The van der Waals surface area contributed by atoms with Gasteiger partial charge in [0.05, 0.1) is 4.47 Å². The Hall–Kier alpha value is -0.570. The molecule has 0 aliphatic carbocycles. The highest BCUT2D eigenvalue weighted by Crippen LogP contribution is 2.26. The lowest BCUT2D eigenvalue weighted by Gasteiger charge is -2.01. The highest BCUT2D eigenvalue weighted by Gasteiger charge is 2.04. The first kappa shape index (κ1) is 8.53. The SMILES string of the molecule is CCc1cc(Br)c(O)cc1F. The Balaban J connectivity index is 3.21. The Kier molecular flexibility index (Phi) is 2.49. The van der Waals surface area contributed by atoms with E-state index in [-0.39, 0.29) is 11.6 Å². The third-order valence-electron chi connectivity index (χ3n) is 1.50. The molecule has 0 heterocycles. The first-order chi connectivity index (χ1) is 5.15. The van der Waals surface area contributed by atoms with Crippen molar-refractivity contribution >= 4 is 15.9 Å². The molecule has 1 N–H and O–H groups in total. The summed E-state index contributed by atoms with van der Waals surface area (Å²) in [5.74, 6) is -0.409. The van der Waals surface area contributed by atoms with Crippen LogP contribution >= 0.6 is 15.9 Å². The molecule has 1 aromatic rings. The zero-order valence-corrected chi connectivity index (χ0v) is 7.65. The lowest BCUT2D eigenvalue weighted by atomic mass is 10.1. The van der Waals surface area contributed by atoms with Crippen LogP contribution in [0.25, 0.3) is 0 Å². The predicted molar refractivity (Wildman–Crippen MR) is 45.1 cm³/mol. The lowest BCUT2D eigenvalue weighted by molar-refractivity contribution is 0.464. The molecule has 1 aromatic carbocycles. The van der Waals surface area contributed by atoms with Gasteiger partial charge in [-0.3, -0.25) is 0 Å². The highest BCUT2D eigenvalue weighted by atomic mass is 79.9. The Labute approximate surface area is 73.0 Å². The lowest BCUT2D eigenvalue weighted by Crippen LogP contribution is -1.86. The van der Waals surface area contributed by atoms with Crippen LogP contribution in [0.5, 0.6) is 5.75 Å². The van der Waals surface area contributed by atoms with Crippen LogP contribution in [0.15, 0.2) is 16.6 Å². The highest BCUT2D eigenvalue weighted by molar-refractivity contribution is 9.10. The van der Waals surface area contributed by atoms with Gasteiger partial charge in [-0.15, -0.1) is 0 Å². The summed E-state index contributed by atoms with van der Waals surface area (Å²) in [6.45, 7) is 1.86. The third-order valence-corrected chi connectivity index (χ3v) is 2.13. The average Bonchev–Trinajstić information content (AvgIpc) is 1.97. The number of aromatic hydroxyl groups is 1. The molecule has 60 valence electrons. The standard InChI is InChI=1S/C8H8BrFO/c1-2-5-3-6(9)8(11)4-7(5)10/h3-4,11H,2H2,1H3. The Bertz CT molecular complexity index is 273. The monoisotopic (exact) mass is 218 g/mol. The van der Waals surface area contributed by atoms with E-state index >= 15 is 0 Å². The van der Waals surface area contributed by atoms with Crippen LogP contribution in [-0.4, -0.2) is 5.11 Å². The van der Waals surface area contributed by atoms with Crippen molar-refractivity contribution in [2.45, 2.75) is 13.3 Å². The Morgan fingerprint density at radius 3 is 2.73 bits per heavy atom. The topological polar surface area (TPSA) is 20.2 Å². The van der Waals surface area contributed by atoms with E-state index in [1.54, 1.807) is 6.07 Å². The van der Waals surface area contributed by atoms with Gasteiger partial charge in [0.15, 0.2) is 0 Å². The summed E-state index contributed by atoms with van der Waals surface area (Å²) < 4.78 is 13.4. The Morgan fingerprint density at radius 1 is 1.55 bits per heavy atom. The van der Waals surface area contributed by atoms with E-state index in [0.717, 1.165) is 6.07 Å². The molecule has 0 radical (unpaired) electrons. The molecule has 3 heteroatoms. The smallest absolute Gasteiger partial charge is 0.132 e. The van der Waals surface area contributed by atoms with Crippen molar-refractivity contribution in [2.75, 3.05) is 0 Å². The summed E-state index contributed by atoms with van der Waals surface area (Å²) in [4.78, 5) is 0. The number of benzene rings is 1. The van der Waals surface area contributed by atoms with Crippen LogP contribution in [0, 0.1) is 5.82 Å². The minimum absolute atomic E-state index is 0.0558. The maximum Gasteiger partial charge on any atom is 0.132 e. The van der Waals surface area contributed by atoms with Gasteiger partial charge < -0.3 is 5.11 Å². The molecule has 1 rings (SSSR count). The minimum atomic E-state index is -0.354. The van der Waals surface area contributed by atoms with Crippen LogP contribution in [0.3, 0.4) is 0 Å². The summed E-state index contributed by atoms with van der Waals surface area (Å²) in [5, 5.41) is 9.03. The van der Waals surface area contributed by atoms with Gasteiger partial charge in [-0.05, 0) is 34.0 Å². The van der Waals surface area contributed by atoms with E-state index in [9.17, 15) is 4.39 Å². The molecule has 0 spiro atoms. The molecule has 0 bridgehead atoms. The molecule has 0 unspecified atom stereocenters. The first-order valence-corrected chi connectivity index (χ1v) is 4.11. The van der Waals surface area contributed by atoms with Crippen molar-refractivity contribution in [2.24, 2.45) is 0 Å². The molecule has 0 fully saturated rings.